The molecule has 2 fully saturated rings. The van der Waals surface area contributed by atoms with Gasteiger partial charge in [0.1, 0.15) is 6.17 Å². The van der Waals surface area contributed by atoms with Crippen LogP contribution in [0.4, 0.5) is 5.95 Å². The molecule has 1 aromatic heterocycles. The molecule has 2 unspecified atom stereocenters. The van der Waals surface area contributed by atoms with Crippen LogP contribution in [0, 0.1) is 0 Å². The molecule has 4 heterocycles. The number of rotatable bonds is 5. The van der Waals surface area contributed by atoms with Gasteiger partial charge in [0, 0.05) is 55.9 Å². The maximum atomic E-state index is 4.80. The second kappa shape index (κ2) is 11.5. The standard InChI is InChI=1S/C26H37N9S/c1-4-23-29-25(32-26(30-23)34-18-16-33(3)17-19-34)31-24-27-13-12-22(28-24)20-8-10-21(11-9-20)36(5-2)35-14-6-7-15-35/h5,8-13,23H,4,6-7,14-19H2,1-3H3,(H2,27,28,29,30,31,32). The first-order chi connectivity index (χ1) is 17.6. The fraction of sp³-hybridized carbons (Fsp3) is 0.500. The Kier molecular flexibility index (Phi) is 7.93. The number of nitrogens with zero attached hydrogens (tertiary/aromatic N) is 7. The first kappa shape index (κ1) is 24.9. The zero-order valence-corrected chi connectivity index (χ0v) is 22.3. The zero-order valence-electron chi connectivity index (χ0n) is 21.5. The van der Waals surface area contributed by atoms with E-state index in [1.165, 1.54) is 30.8 Å². The number of piperazine rings is 1. The molecule has 9 nitrogen and oxygen atoms in total. The van der Waals surface area contributed by atoms with Crippen molar-refractivity contribution in [1.82, 2.24) is 29.4 Å². The van der Waals surface area contributed by atoms with Crippen LogP contribution in [0.15, 0.2) is 51.4 Å². The van der Waals surface area contributed by atoms with Gasteiger partial charge in [-0.15, -0.1) is 0 Å². The summed E-state index contributed by atoms with van der Waals surface area (Å²) in [5.74, 6) is 2.04. The Balaban J connectivity index is 1.28. The van der Waals surface area contributed by atoms with Crippen LogP contribution in [-0.2, 0) is 0 Å². The highest BCUT2D eigenvalue weighted by molar-refractivity contribution is 8.13. The monoisotopic (exact) mass is 507 g/mol. The van der Waals surface area contributed by atoms with Crippen LogP contribution in [0.1, 0.15) is 33.1 Å². The van der Waals surface area contributed by atoms with Gasteiger partial charge in [-0.1, -0.05) is 29.7 Å². The lowest BCUT2D eigenvalue weighted by molar-refractivity contribution is 0.212. The summed E-state index contributed by atoms with van der Waals surface area (Å²) in [5, 5.41) is 9.00. The topological polar surface area (TPSA) is 84.3 Å². The molecule has 0 aliphatic carbocycles. The Bertz CT molecular complexity index is 1130. The second-order valence-electron chi connectivity index (χ2n) is 9.34. The van der Waals surface area contributed by atoms with E-state index in [0.29, 0.717) is 11.9 Å². The molecular formula is C26H37N9S. The largest absolute Gasteiger partial charge is 0.340 e. The minimum absolute atomic E-state index is 0.0649. The molecule has 5 rings (SSSR count). The van der Waals surface area contributed by atoms with E-state index in [1.807, 2.05) is 6.07 Å². The van der Waals surface area contributed by atoms with Gasteiger partial charge in [-0.2, -0.15) is 0 Å². The van der Waals surface area contributed by atoms with Crippen molar-refractivity contribution >= 4 is 33.9 Å². The van der Waals surface area contributed by atoms with Crippen molar-refractivity contribution in [3.05, 3.63) is 36.5 Å². The van der Waals surface area contributed by atoms with E-state index in [4.69, 9.17) is 15.0 Å². The van der Waals surface area contributed by atoms with Crippen LogP contribution in [0.3, 0.4) is 0 Å². The van der Waals surface area contributed by atoms with Crippen molar-refractivity contribution in [1.29, 1.82) is 0 Å². The molecule has 3 aliphatic rings. The van der Waals surface area contributed by atoms with Crippen molar-refractivity contribution < 1.29 is 0 Å². The number of benzene rings is 1. The SMILES string of the molecule is C/C=S(\c1ccc(-c2ccnc(NC3=NC(CC)N=C(N4CCN(C)CC4)N3)n2)cc1)N1CCCC1. The maximum Gasteiger partial charge on any atom is 0.230 e. The molecule has 192 valence electrons. The summed E-state index contributed by atoms with van der Waals surface area (Å²) in [4.78, 5) is 24.8. The third kappa shape index (κ3) is 5.77. The van der Waals surface area contributed by atoms with Crippen molar-refractivity contribution in [3.8, 4) is 11.3 Å². The summed E-state index contributed by atoms with van der Waals surface area (Å²) in [6.45, 7) is 10.6. The lowest BCUT2D eigenvalue weighted by Crippen LogP contribution is -2.55. The number of nitrogens with one attached hydrogen (secondary N) is 2. The van der Waals surface area contributed by atoms with E-state index in [-0.39, 0.29) is 16.8 Å². The third-order valence-corrected chi connectivity index (χ3v) is 8.91. The Hall–Kier alpha value is -2.82. The van der Waals surface area contributed by atoms with Crippen LogP contribution in [0.25, 0.3) is 11.3 Å². The van der Waals surface area contributed by atoms with Gasteiger partial charge in [-0.25, -0.2) is 20.0 Å². The van der Waals surface area contributed by atoms with Crippen molar-refractivity contribution in [2.24, 2.45) is 9.98 Å². The predicted molar refractivity (Wildman–Crippen MR) is 151 cm³/mol. The molecule has 0 saturated carbocycles. The minimum Gasteiger partial charge on any atom is -0.340 e. The maximum absolute atomic E-state index is 4.80. The number of likely N-dealkylation sites (N-methyl/N-ethyl adjacent to an activating group) is 1. The average molecular weight is 508 g/mol. The highest BCUT2D eigenvalue weighted by Crippen LogP contribution is 2.34. The zero-order chi connectivity index (χ0) is 24.9. The number of aromatic nitrogens is 2. The number of guanidine groups is 2. The normalized spacial score (nSPS) is 22.2. The molecular weight excluding hydrogens is 470 g/mol. The van der Waals surface area contributed by atoms with Gasteiger partial charge >= 0.3 is 0 Å². The summed E-state index contributed by atoms with van der Waals surface area (Å²) < 4.78 is 2.59. The van der Waals surface area contributed by atoms with Crippen LogP contribution in [0.5, 0.6) is 0 Å². The summed E-state index contributed by atoms with van der Waals surface area (Å²) in [6.07, 6.45) is 5.12. The fourth-order valence-electron chi connectivity index (χ4n) is 4.68. The molecule has 2 aromatic rings. The first-order valence-corrected chi connectivity index (χ1v) is 14.2. The Morgan fingerprint density at radius 3 is 2.47 bits per heavy atom. The Labute approximate surface area is 216 Å². The Morgan fingerprint density at radius 2 is 1.78 bits per heavy atom. The van der Waals surface area contributed by atoms with E-state index in [0.717, 1.165) is 49.8 Å². The molecule has 36 heavy (non-hydrogen) atoms. The van der Waals surface area contributed by atoms with Gasteiger partial charge in [-0.3, -0.25) is 14.9 Å². The smallest absolute Gasteiger partial charge is 0.230 e. The van der Waals surface area contributed by atoms with Gasteiger partial charge in [0.15, 0.2) is 0 Å². The third-order valence-electron chi connectivity index (χ3n) is 6.79. The lowest BCUT2D eigenvalue weighted by atomic mass is 10.1. The molecule has 2 N–H and O–H groups in total. The first-order valence-electron chi connectivity index (χ1n) is 13.0. The molecule has 0 bridgehead atoms. The molecule has 0 spiro atoms. The average Bonchev–Trinajstić information content (AvgIpc) is 3.44. The van der Waals surface area contributed by atoms with E-state index in [1.54, 1.807) is 6.20 Å². The highest BCUT2D eigenvalue weighted by atomic mass is 32.2. The molecule has 0 amide bonds. The molecule has 3 aliphatic heterocycles. The van der Waals surface area contributed by atoms with E-state index < -0.39 is 0 Å². The minimum atomic E-state index is -0.112. The van der Waals surface area contributed by atoms with E-state index in [9.17, 15) is 0 Å². The van der Waals surface area contributed by atoms with Crippen molar-refractivity contribution in [3.63, 3.8) is 0 Å². The van der Waals surface area contributed by atoms with Crippen LogP contribution < -0.4 is 10.6 Å². The quantitative estimate of drug-likeness (QED) is 0.601. The Morgan fingerprint density at radius 1 is 1.03 bits per heavy atom. The summed E-state index contributed by atoms with van der Waals surface area (Å²) in [5.41, 5.74) is 1.96. The molecule has 0 radical (unpaired) electrons. The molecule has 2 saturated heterocycles. The molecule has 1 aromatic carbocycles. The fourth-order valence-corrected chi connectivity index (χ4v) is 6.62. The van der Waals surface area contributed by atoms with Crippen LogP contribution in [-0.4, -0.2) is 93.8 Å². The van der Waals surface area contributed by atoms with Gasteiger partial charge < -0.3 is 9.80 Å². The van der Waals surface area contributed by atoms with E-state index in [2.05, 4.69) is 80.3 Å². The summed E-state index contributed by atoms with van der Waals surface area (Å²) in [6, 6.07) is 10.8. The van der Waals surface area contributed by atoms with E-state index >= 15 is 0 Å². The number of aliphatic imine (C=N–C) groups is 2. The predicted octanol–water partition coefficient (Wildman–Crippen LogP) is 3.31. The van der Waals surface area contributed by atoms with Gasteiger partial charge in [-0.05, 0) is 56.8 Å². The number of anilines is 1. The van der Waals surface area contributed by atoms with Crippen LogP contribution >= 0.6 is 10.7 Å². The summed E-state index contributed by atoms with van der Waals surface area (Å²) in [7, 11) is 2.22. The lowest BCUT2D eigenvalue weighted by Gasteiger charge is -2.36. The highest BCUT2D eigenvalue weighted by Gasteiger charge is 2.23. The van der Waals surface area contributed by atoms with Crippen LogP contribution in [0.2, 0.25) is 0 Å². The van der Waals surface area contributed by atoms with Gasteiger partial charge in [0.2, 0.25) is 17.9 Å². The van der Waals surface area contributed by atoms with Gasteiger partial charge in [0.05, 0.1) is 5.69 Å². The van der Waals surface area contributed by atoms with Crippen molar-refractivity contribution in [2.75, 3.05) is 51.6 Å². The van der Waals surface area contributed by atoms with Gasteiger partial charge in [0.25, 0.3) is 0 Å². The molecule has 2 atom stereocenters. The van der Waals surface area contributed by atoms with Crippen molar-refractivity contribution in [2.45, 2.75) is 44.2 Å². The second-order valence-corrected chi connectivity index (χ2v) is 11.4. The summed E-state index contributed by atoms with van der Waals surface area (Å²) >= 11 is 0. The number of hydrogen-bond acceptors (Lipinski definition) is 9. The number of hydrogen-bond donors (Lipinski definition) is 2. The molecule has 10 heteroatoms.